The summed E-state index contributed by atoms with van der Waals surface area (Å²) in [7, 11) is 1.69. The molecule has 0 aliphatic carbocycles. The van der Waals surface area contributed by atoms with E-state index in [0.717, 1.165) is 27.1 Å². The third kappa shape index (κ3) is 2.04. The summed E-state index contributed by atoms with van der Waals surface area (Å²) in [6.07, 6.45) is 0. The second-order valence-corrected chi connectivity index (χ2v) is 5.21. The minimum Gasteiger partial charge on any atom is -0.496 e. The Morgan fingerprint density at radius 2 is 1.70 bits per heavy atom. The molecule has 0 aromatic heterocycles. The number of fused-ring (bicyclic) bond motifs is 1. The predicted molar refractivity (Wildman–Crippen MR) is 85.7 cm³/mol. The number of aryl methyl sites for hydroxylation is 1. The van der Waals surface area contributed by atoms with E-state index in [1.54, 1.807) is 7.11 Å². The molecule has 0 aliphatic rings. The predicted octanol–water partition coefficient (Wildman–Crippen LogP) is 5.48. The number of methoxy groups -OCH3 is 1. The lowest BCUT2D eigenvalue weighted by Crippen LogP contribution is -1.91. The fraction of sp³-hybridized carbons (Fsp3) is 0.111. The number of rotatable bonds is 2. The molecule has 3 aromatic rings. The molecule has 0 fully saturated rings. The second kappa shape index (κ2) is 5.18. The van der Waals surface area contributed by atoms with Crippen LogP contribution in [0.1, 0.15) is 5.56 Å². The summed E-state index contributed by atoms with van der Waals surface area (Å²) in [5.74, 6) is 0.854. The number of hydrogen-bond acceptors (Lipinski definition) is 1. The van der Waals surface area contributed by atoms with Crippen LogP contribution in [0.4, 0.5) is 0 Å². The van der Waals surface area contributed by atoms with E-state index in [1.165, 1.54) is 11.1 Å². The minimum absolute atomic E-state index is 0.760. The van der Waals surface area contributed by atoms with Gasteiger partial charge in [0.15, 0.2) is 0 Å². The molecule has 0 spiro atoms. The van der Waals surface area contributed by atoms with E-state index in [4.69, 9.17) is 16.3 Å². The molecule has 0 bridgehead atoms. The van der Waals surface area contributed by atoms with Crippen molar-refractivity contribution in [3.05, 3.63) is 65.2 Å². The van der Waals surface area contributed by atoms with Crippen molar-refractivity contribution in [1.29, 1.82) is 0 Å². The highest BCUT2D eigenvalue weighted by Crippen LogP contribution is 2.40. The Kier molecular flexibility index (Phi) is 3.37. The van der Waals surface area contributed by atoms with E-state index in [-0.39, 0.29) is 0 Å². The van der Waals surface area contributed by atoms with Crippen LogP contribution in [-0.2, 0) is 0 Å². The van der Waals surface area contributed by atoms with Crippen LogP contribution >= 0.6 is 11.6 Å². The highest BCUT2D eigenvalue weighted by Gasteiger charge is 2.14. The Bertz CT molecular complexity index is 763. The Hall–Kier alpha value is -1.99. The minimum atomic E-state index is 0.760. The van der Waals surface area contributed by atoms with Gasteiger partial charge in [-0.3, -0.25) is 0 Å². The first-order chi connectivity index (χ1) is 9.72. The molecule has 20 heavy (non-hydrogen) atoms. The molecular weight excluding hydrogens is 268 g/mol. The monoisotopic (exact) mass is 282 g/mol. The summed E-state index contributed by atoms with van der Waals surface area (Å²) in [5.41, 5.74) is 3.51. The van der Waals surface area contributed by atoms with E-state index in [9.17, 15) is 0 Å². The smallest absolute Gasteiger partial charge is 0.127 e. The van der Waals surface area contributed by atoms with Crippen LogP contribution in [0.25, 0.3) is 21.9 Å². The summed E-state index contributed by atoms with van der Waals surface area (Å²) in [6.45, 7) is 2.08. The van der Waals surface area contributed by atoms with Crippen molar-refractivity contribution in [3.8, 4) is 16.9 Å². The molecule has 0 radical (unpaired) electrons. The molecule has 2 heteroatoms. The molecule has 0 aliphatic heterocycles. The first kappa shape index (κ1) is 13.0. The average Bonchev–Trinajstić information content (AvgIpc) is 2.48. The summed E-state index contributed by atoms with van der Waals surface area (Å²) in [4.78, 5) is 0. The van der Waals surface area contributed by atoms with E-state index < -0.39 is 0 Å². The van der Waals surface area contributed by atoms with Crippen molar-refractivity contribution in [1.82, 2.24) is 0 Å². The fourth-order valence-corrected chi connectivity index (χ4v) is 2.99. The van der Waals surface area contributed by atoms with Crippen molar-refractivity contribution in [2.24, 2.45) is 0 Å². The van der Waals surface area contributed by atoms with Crippen LogP contribution in [0.5, 0.6) is 5.75 Å². The first-order valence-corrected chi connectivity index (χ1v) is 6.91. The number of hydrogen-bond donors (Lipinski definition) is 0. The quantitative estimate of drug-likeness (QED) is 0.605. The van der Waals surface area contributed by atoms with Gasteiger partial charge in [0.2, 0.25) is 0 Å². The maximum absolute atomic E-state index is 6.40. The Labute approximate surface area is 123 Å². The zero-order valence-electron chi connectivity index (χ0n) is 11.5. The van der Waals surface area contributed by atoms with Gasteiger partial charge < -0.3 is 4.74 Å². The molecule has 0 saturated heterocycles. The van der Waals surface area contributed by atoms with E-state index in [1.807, 2.05) is 42.5 Å². The van der Waals surface area contributed by atoms with Gasteiger partial charge in [-0.05, 0) is 35.7 Å². The maximum Gasteiger partial charge on any atom is 0.127 e. The van der Waals surface area contributed by atoms with Gasteiger partial charge in [0.25, 0.3) is 0 Å². The van der Waals surface area contributed by atoms with Crippen molar-refractivity contribution < 1.29 is 4.74 Å². The lowest BCUT2D eigenvalue weighted by Gasteiger charge is -2.15. The zero-order valence-corrected chi connectivity index (χ0v) is 12.2. The number of halogens is 1. The van der Waals surface area contributed by atoms with E-state index in [2.05, 4.69) is 19.1 Å². The number of benzene rings is 3. The van der Waals surface area contributed by atoms with E-state index in [0.29, 0.717) is 0 Å². The van der Waals surface area contributed by atoms with E-state index >= 15 is 0 Å². The standard InChI is InChI=1S/C18H15ClO/c1-12-11-15(19)14-9-6-10-16(20-2)18(14)17(12)13-7-4-3-5-8-13/h3-11H,1-2H3. The molecule has 3 aromatic carbocycles. The molecule has 1 nitrogen and oxygen atoms in total. The third-order valence-corrected chi connectivity index (χ3v) is 3.87. The van der Waals surface area contributed by atoms with Crippen molar-refractivity contribution >= 4 is 22.4 Å². The highest BCUT2D eigenvalue weighted by atomic mass is 35.5. The summed E-state index contributed by atoms with van der Waals surface area (Å²) < 4.78 is 5.54. The van der Waals surface area contributed by atoms with Crippen molar-refractivity contribution in [2.45, 2.75) is 6.92 Å². The third-order valence-electron chi connectivity index (χ3n) is 3.55. The van der Waals surface area contributed by atoms with Gasteiger partial charge in [0.05, 0.1) is 7.11 Å². The SMILES string of the molecule is COc1cccc2c(Cl)cc(C)c(-c3ccccc3)c12. The average molecular weight is 283 g/mol. The molecule has 0 heterocycles. The second-order valence-electron chi connectivity index (χ2n) is 4.80. The normalized spacial score (nSPS) is 10.8. The zero-order chi connectivity index (χ0) is 14.1. The molecule has 0 amide bonds. The fourth-order valence-electron chi connectivity index (χ4n) is 2.67. The summed E-state index contributed by atoms with van der Waals surface area (Å²) in [5, 5.41) is 2.86. The first-order valence-electron chi connectivity index (χ1n) is 6.53. The molecule has 0 saturated carbocycles. The van der Waals surface area contributed by atoms with Crippen LogP contribution in [0, 0.1) is 6.92 Å². The van der Waals surface area contributed by atoms with Gasteiger partial charge in [0, 0.05) is 15.8 Å². The van der Waals surface area contributed by atoms with Crippen LogP contribution in [-0.4, -0.2) is 7.11 Å². The van der Waals surface area contributed by atoms with Gasteiger partial charge >= 0.3 is 0 Å². The van der Waals surface area contributed by atoms with Gasteiger partial charge in [-0.25, -0.2) is 0 Å². The molecule has 0 N–H and O–H groups in total. The lowest BCUT2D eigenvalue weighted by molar-refractivity contribution is 0.420. The van der Waals surface area contributed by atoms with Crippen molar-refractivity contribution in [2.75, 3.05) is 7.11 Å². The summed E-state index contributed by atoms with van der Waals surface area (Å²) in [6, 6.07) is 18.3. The Balaban J connectivity index is 2.47. The van der Waals surface area contributed by atoms with Crippen LogP contribution in [0.3, 0.4) is 0 Å². The molecule has 0 atom stereocenters. The highest BCUT2D eigenvalue weighted by molar-refractivity contribution is 6.36. The van der Waals surface area contributed by atoms with Crippen molar-refractivity contribution in [3.63, 3.8) is 0 Å². The van der Waals surface area contributed by atoms with Crippen LogP contribution in [0.2, 0.25) is 5.02 Å². The largest absolute Gasteiger partial charge is 0.496 e. The molecule has 0 unspecified atom stereocenters. The van der Waals surface area contributed by atoms with Crippen LogP contribution in [0.15, 0.2) is 54.6 Å². The number of ether oxygens (including phenoxy) is 1. The maximum atomic E-state index is 6.40. The molecular formula is C18H15ClO. The van der Waals surface area contributed by atoms with Gasteiger partial charge in [0.1, 0.15) is 5.75 Å². The van der Waals surface area contributed by atoms with Gasteiger partial charge in [-0.2, -0.15) is 0 Å². The van der Waals surface area contributed by atoms with Crippen LogP contribution < -0.4 is 4.74 Å². The van der Waals surface area contributed by atoms with Gasteiger partial charge in [-0.1, -0.05) is 54.1 Å². The topological polar surface area (TPSA) is 9.23 Å². The van der Waals surface area contributed by atoms with Gasteiger partial charge in [-0.15, -0.1) is 0 Å². The Morgan fingerprint density at radius 1 is 0.950 bits per heavy atom. The molecule has 100 valence electrons. The lowest BCUT2D eigenvalue weighted by atomic mass is 9.93. The Morgan fingerprint density at radius 3 is 2.40 bits per heavy atom. The molecule has 3 rings (SSSR count). The summed E-state index contributed by atoms with van der Waals surface area (Å²) >= 11 is 6.40.